The van der Waals surface area contributed by atoms with E-state index in [1.54, 1.807) is 22.8 Å². The largest absolute Gasteiger partial charge is 0.296 e. The molecule has 0 aliphatic heterocycles. The highest BCUT2D eigenvalue weighted by atomic mass is 15.1. The van der Waals surface area contributed by atoms with E-state index < -0.39 is 67.3 Å². The molecule has 0 aliphatic rings. The third-order valence-electron chi connectivity index (χ3n) is 8.71. The predicted molar refractivity (Wildman–Crippen MR) is 203 cm³/mol. The highest BCUT2D eigenvalue weighted by molar-refractivity contribution is 6.22. The summed E-state index contributed by atoms with van der Waals surface area (Å²) in [4.78, 5) is 4.58. The van der Waals surface area contributed by atoms with E-state index in [1.165, 1.54) is 6.07 Å². The first kappa shape index (κ1) is 17.6. The van der Waals surface area contributed by atoms with Gasteiger partial charge < -0.3 is 0 Å². The first-order valence-electron chi connectivity index (χ1n) is 21.9. The van der Waals surface area contributed by atoms with Crippen molar-refractivity contribution < 1.29 is 17.8 Å². The van der Waals surface area contributed by atoms with Gasteiger partial charge in [0.1, 0.15) is 5.82 Å². The van der Waals surface area contributed by atoms with Crippen LogP contribution in [0.1, 0.15) is 23.6 Å². The van der Waals surface area contributed by atoms with Crippen LogP contribution in [0.2, 0.25) is 0 Å². The van der Waals surface area contributed by atoms with Gasteiger partial charge in [-0.3, -0.25) is 4.57 Å². The number of imidazole rings is 1. The van der Waals surface area contributed by atoms with E-state index in [-0.39, 0.29) is 28.1 Å². The summed E-state index contributed by atoms with van der Waals surface area (Å²) in [5.74, 6) is -0.0870. The van der Waals surface area contributed by atoms with Crippen molar-refractivity contribution in [3.8, 4) is 50.2 Å². The molecule has 2 heteroatoms. The number of para-hydroxylation sites is 3. The maximum Gasteiger partial charge on any atom is 0.111 e. The fourth-order valence-electron chi connectivity index (χ4n) is 6.73. The highest BCUT2D eigenvalue weighted by Crippen LogP contribution is 2.46. The van der Waals surface area contributed by atoms with Crippen molar-refractivity contribution in [1.82, 2.24) is 9.55 Å². The minimum Gasteiger partial charge on any atom is -0.296 e. The van der Waals surface area contributed by atoms with Crippen LogP contribution in [0.25, 0.3) is 82.8 Å². The number of aryl methyl sites for hydroxylation is 1. The van der Waals surface area contributed by atoms with Gasteiger partial charge in [0, 0.05) is 9.68 Å². The van der Waals surface area contributed by atoms with Crippen molar-refractivity contribution in [3.63, 3.8) is 0 Å². The van der Waals surface area contributed by atoms with Crippen LogP contribution in [0.4, 0.5) is 0 Å². The lowest BCUT2D eigenvalue weighted by atomic mass is 9.84. The Balaban J connectivity index is 1.41. The fourth-order valence-corrected chi connectivity index (χ4v) is 6.73. The molecule has 0 saturated carbocycles. The normalized spacial score (nSPS) is 15.5. The Bertz CT molecular complexity index is 3110. The fraction of sp³-hybridized carbons (Fsp3) is 0.0217. The van der Waals surface area contributed by atoms with Gasteiger partial charge in [-0.1, -0.05) is 139 Å². The van der Waals surface area contributed by atoms with E-state index in [0.29, 0.717) is 27.8 Å². The molecule has 48 heavy (non-hydrogen) atoms. The zero-order valence-corrected chi connectivity index (χ0v) is 25.4. The second kappa shape index (κ2) is 11.5. The molecule has 2 nitrogen and oxygen atoms in total. The van der Waals surface area contributed by atoms with E-state index in [2.05, 4.69) is 4.98 Å². The lowest BCUT2D eigenvalue weighted by Crippen LogP contribution is -2.00. The molecular weight excluding hydrogens is 581 g/mol. The topological polar surface area (TPSA) is 17.8 Å². The summed E-state index contributed by atoms with van der Waals surface area (Å²) < 4.78 is 113. The van der Waals surface area contributed by atoms with Gasteiger partial charge in [0.2, 0.25) is 0 Å². The van der Waals surface area contributed by atoms with Crippen molar-refractivity contribution in [2.75, 3.05) is 0 Å². The summed E-state index contributed by atoms with van der Waals surface area (Å²) in [6.45, 7) is -2.55. The summed E-state index contributed by atoms with van der Waals surface area (Å²) in [6.07, 6.45) is 0. The maximum absolute atomic E-state index is 8.90. The zero-order valence-electron chi connectivity index (χ0n) is 38.4. The zero-order chi connectivity index (χ0) is 43.2. The van der Waals surface area contributed by atoms with Crippen LogP contribution in [0.15, 0.2) is 176 Å². The molecule has 0 saturated heterocycles. The van der Waals surface area contributed by atoms with Gasteiger partial charge in [0.05, 0.1) is 30.4 Å². The average molecular weight is 626 g/mol. The summed E-state index contributed by atoms with van der Waals surface area (Å²) in [5, 5.41) is 3.03. The molecule has 9 rings (SSSR count). The number of hydrogen-bond donors (Lipinski definition) is 0. The van der Waals surface area contributed by atoms with Crippen LogP contribution >= 0.6 is 0 Å². The first-order chi connectivity index (χ1) is 29.1. The van der Waals surface area contributed by atoms with Crippen molar-refractivity contribution in [2.45, 2.75) is 6.85 Å². The highest BCUT2D eigenvalue weighted by Gasteiger charge is 2.21. The van der Waals surface area contributed by atoms with Gasteiger partial charge >= 0.3 is 0 Å². The van der Waals surface area contributed by atoms with Crippen molar-refractivity contribution in [2.24, 2.45) is 0 Å². The Kier molecular flexibility index (Phi) is 4.23. The van der Waals surface area contributed by atoms with E-state index in [1.807, 2.05) is 91.0 Å². The average Bonchev–Trinajstić information content (AvgIpc) is 3.66. The number of nitrogens with zero attached hydrogens (tertiary/aromatic N) is 2. The quantitative estimate of drug-likeness (QED) is 0.174. The van der Waals surface area contributed by atoms with Gasteiger partial charge in [-0.05, 0) is 104 Å². The van der Waals surface area contributed by atoms with Crippen LogP contribution in [0.3, 0.4) is 0 Å². The number of fused-ring (bicyclic) bond motifs is 3. The Morgan fingerprint density at radius 3 is 1.60 bits per heavy atom. The van der Waals surface area contributed by atoms with Crippen LogP contribution in [-0.2, 0) is 0 Å². The van der Waals surface area contributed by atoms with E-state index >= 15 is 0 Å². The second-order valence-electron chi connectivity index (χ2n) is 11.4. The number of hydrogen-bond acceptors (Lipinski definition) is 1. The standard InChI is InChI=1S/C46H32N2/c1-31-47-42-25-13-15-27-44(42)48(31)43-26-14-12-24-41(43)46-39-22-10-8-20-37(39)45(38-21-9-11-23-40(38)46)36-29-34(32-16-4-2-5-17-32)28-35(30-36)33-18-6-3-7-19-33/h2-30H,1H3/i1D3,2D,3D,4D,5D,6D,7D,16D,17D,18D,19D. The third kappa shape index (κ3) is 4.61. The SMILES string of the molecule is [2H]c1c([2H])c([2H])c(-c2cc(-c3c([2H])c([2H])c([2H])c([2H])c3[2H])cc(-c3c4ccccc4c(-c4ccccc4-n4c(C([2H])([2H])[2H])nc5ccccc54)c4ccccc34)c2)c([2H])c1[2H]. The Morgan fingerprint density at radius 2 is 1.00 bits per heavy atom. The van der Waals surface area contributed by atoms with Crippen LogP contribution in [0, 0.1) is 6.85 Å². The number of benzene rings is 8. The Hall–Kier alpha value is -6.25. The maximum atomic E-state index is 8.90. The summed E-state index contributed by atoms with van der Waals surface area (Å²) in [6, 6.07) is 29.9. The lowest BCUT2D eigenvalue weighted by Gasteiger charge is -2.21. The molecule has 0 aliphatic carbocycles. The molecular formula is C46H32N2. The monoisotopic (exact) mass is 625 g/mol. The molecule has 0 fully saturated rings. The molecule has 9 aromatic rings. The van der Waals surface area contributed by atoms with Crippen molar-refractivity contribution in [3.05, 3.63) is 182 Å². The van der Waals surface area contributed by atoms with Crippen LogP contribution in [0.5, 0.6) is 0 Å². The first-order valence-corrected chi connectivity index (χ1v) is 15.4. The molecule has 0 N–H and O–H groups in total. The van der Waals surface area contributed by atoms with E-state index in [9.17, 15) is 0 Å². The molecule has 0 amide bonds. The van der Waals surface area contributed by atoms with Gasteiger partial charge in [-0.25, -0.2) is 4.98 Å². The molecule has 1 heterocycles. The van der Waals surface area contributed by atoms with Gasteiger partial charge in [0.25, 0.3) is 0 Å². The summed E-state index contributed by atoms with van der Waals surface area (Å²) in [5.41, 5.74) is 4.57. The molecule has 0 unspecified atom stereocenters. The predicted octanol–water partition coefficient (Wildman–Crippen LogP) is 12.3. The van der Waals surface area contributed by atoms with Crippen molar-refractivity contribution >= 4 is 32.6 Å². The van der Waals surface area contributed by atoms with Gasteiger partial charge in [0.15, 0.2) is 0 Å². The Labute approximate surface area is 298 Å². The lowest BCUT2D eigenvalue weighted by molar-refractivity contribution is 1.00. The van der Waals surface area contributed by atoms with Crippen molar-refractivity contribution in [1.29, 1.82) is 0 Å². The van der Waals surface area contributed by atoms with E-state index in [0.717, 1.165) is 32.7 Å². The molecule has 8 aromatic carbocycles. The molecule has 1 aromatic heterocycles. The molecule has 0 spiro atoms. The minimum atomic E-state index is -2.55. The van der Waals surface area contributed by atoms with Gasteiger partial charge in [-0.2, -0.15) is 0 Å². The molecule has 0 bridgehead atoms. The van der Waals surface area contributed by atoms with Crippen LogP contribution in [-0.4, -0.2) is 9.55 Å². The number of rotatable bonds is 5. The van der Waals surface area contributed by atoms with Gasteiger partial charge in [-0.15, -0.1) is 0 Å². The van der Waals surface area contributed by atoms with E-state index in [4.69, 9.17) is 17.8 Å². The smallest absolute Gasteiger partial charge is 0.111 e. The minimum absolute atomic E-state index is 0.0870. The second-order valence-corrected chi connectivity index (χ2v) is 11.4. The molecule has 0 atom stereocenters. The van der Waals surface area contributed by atoms with Crippen LogP contribution < -0.4 is 0 Å². The molecule has 226 valence electrons. The third-order valence-corrected chi connectivity index (χ3v) is 8.71. The summed E-state index contributed by atoms with van der Waals surface area (Å²) >= 11 is 0. The number of aromatic nitrogens is 2. The summed E-state index contributed by atoms with van der Waals surface area (Å²) in [7, 11) is 0. The Morgan fingerprint density at radius 1 is 0.500 bits per heavy atom. The molecule has 0 radical (unpaired) electrons.